The predicted molar refractivity (Wildman–Crippen MR) is 59.7 cm³/mol. The van der Waals surface area contributed by atoms with Crippen molar-refractivity contribution in [3.05, 3.63) is 48.2 Å². The van der Waals surface area contributed by atoms with E-state index in [4.69, 9.17) is 9.47 Å². The summed E-state index contributed by atoms with van der Waals surface area (Å²) in [4.78, 5) is 11.1. The van der Waals surface area contributed by atoms with Gasteiger partial charge in [0.05, 0.1) is 19.5 Å². The largest absolute Gasteiger partial charge is 0.495 e. The van der Waals surface area contributed by atoms with Gasteiger partial charge in [0.25, 0.3) is 0 Å². The Kier molecular flexibility index (Phi) is 3.72. The lowest BCUT2D eigenvalue weighted by Gasteiger charge is -2.18. The molecule has 0 bridgehead atoms. The van der Waals surface area contributed by atoms with Gasteiger partial charge in [-0.25, -0.2) is 0 Å². The predicted octanol–water partition coefficient (Wildman–Crippen LogP) is 2.07. The van der Waals surface area contributed by atoms with E-state index >= 15 is 0 Å². The van der Waals surface area contributed by atoms with E-state index in [1.165, 1.54) is 12.3 Å². The van der Waals surface area contributed by atoms with Crippen LogP contribution in [0.1, 0.15) is 12.0 Å². The van der Waals surface area contributed by atoms with Crippen LogP contribution in [0.3, 0.4) is 0 Å². The van der Waals surface area contributed by atoms with Crippen molar-refractivity contribution in [3.8, 4) is 0 Å². The smallest absolute Gasteiger partial charge is 0.162 e. The summed E-state index contributed by atoms with van der Waals surface area (Å²) in [6, 6.07) is 9.93. The molecule has 0 amide bonds. The van der Waals surface area contributed by atoms with E-state index in [0.29, 0.717) is 19.6 Å². The highest BCUT2D eigenvalue weighted by molar-refractivity contribution is 5.90. The first-order valence-corrected chi connectivity index (χ1v) is 5.31. The van der Waals surface area contributed by atoms with E-state index in [1.807, 2.05) is 30.3 Å². The lowest BCUT2D eigenvalue weighted by Crippen LogP contribution is -2.23. The van der Waals surface area contributed by atoms with Crippen LogP contribution < -0.4 is 0 Å². The van der Waals surface area contributed by atoms with Crippen LogP contribution in [0.15, 0.2) is 42.7 Å². The van der Waals surface area contributed by atoms with Gasteiger partial charge in [0.15, 0.2) is 5.78 Å². The van der Waals surface area contributed by atoms with Gasteiger partial charge in [0.1, 0.15) is 6.10 Å². The Hall–Kier alpha value is -1.61. The van der Waals surface area contributed by atoms with Crippen LogP contribution in [-0.4, -0.2) is 18.5 Å². The summed E-state index contributed by atoms with van der Waals surface area (Å²) in [5.41, 5.74) is 1.13. The van der Waals surface area contributed by atoms with Gasteiger partial charge in [-0.15, -0.1) is 0 Å². The first-order valence-electron chi connectivity index (χ1n) is 5.31. The van der Waals surface area contributed by atoms with Gasteiger partial charge >= 0.3 is 0 Å². The summed E-state index contributed by atoms with van der Waals surface area (Å²) >= 11 is 0. The van der Waals surface area contributed by atoms with E-state index in [9.17, 15) is 4.79 Å². The van der Waals surface area contributed by atoms with Crippen LogP contribution in [0, 0.1) is 0 Å². The first-order chi connectivity index (χ1) is 7.84. The van der Waals surface area contributed by atoms with Crippen LogP contribution in [0.5, 0.6) is 0 Å². The van der Waals surface area contributed by atoms with Crippen LogP contribution in [-0.2, 0) is 20.9 Å². The van der Waals surface area contributed by atoms with Crippen molar-refractivity contribution >= 4 is 5.78 Å². The van der Waals surface area contributed by atoms with Gasteiger partial charge in [-0.3, -0.25) is 4.79 Å². The molecule has 0 radical (unpaired) electrons. The van der Waals surface area contributed by atoms with E-state index in [2.05, 4.69) is 0 Å². The molecule has 0 saturated carbocycles. The molecule has 0 saturated heterocycles. The van der Waals surface area contributed by atoms with Crippen molar-refractivity contribution in [2.75, 3.05) is 6.61 Å². The fraction of sp³-hybridized carbons (Fsp3) is 0.308. The zero-order valence-electron chi connectivity index (χ0n) is 8.96. The highest BCUT2D eigenvalue weighted by atomic mass is 16.5. The Morgan fingerprint density at radius 3 is 2.88 bits per heavy atom. The Morgan fingerprint density at radius 2 is 2.12 bits per heavy atom. The van der Waals surface area contributed by atoms with Gasteiger partial charge in [0, 0.05) is 12.5 Å². The number of benzene rings is 1. The number of rotatable bonds is 4. The number of hydrogen-bond donors (Lipinski definition) is 0. The van der Waals surface area contributed by atoms with E-state index in [1.54, 1.807) is 0 Å². The number of ether oxygens (including phenoxy) is 2. The second kappa shape index (κ2) is 5.47. The Labute approximate surface area is 94.7 Å². The van der Waals surface area contributed by atoms with E-state index in [-0.39, 0.29) is 11.9 Å². The average Bonchev–Trinajstić information content (AvgIpc) is 2.30. The minimum absolute atomic E-state index is 0.0968. The molecular weight excluding hydrogens is 204 g/mol. The van der Waals surface area contributed by atoms with Gasteiger partial charge in [-0.2, -0.15) is 0 Å². The Balaban J connectivity index is 1.72. The maximum atomic E-state index is 11.1. The minimum atomic E-state index is -0.138. The van der Waals surface area contributed by atoms with Crippen LogP contribution >= 0.6 is 0 Å². The lowest BCUT2D eigenvalue weighted by molar-refractivity contribution is -0.119. The Bertz CT molecular complexity index is 370. The molecule has 0 spiro atoms. The van der Waals surface area contributed by atoms with Crippen molar-refractivity contribution in [1.82, 2.24) is 0 Å². The molecule has 0 aliphatic carbocycles. The molecule has 84 valence electrons. The Morgan fingerprint density at radius 1 is 1.31 bits per heavy atom. The molecule has 1 unspecified atom stereocenters. The third-order valence-electron chi connectivity index (χ3n) is 2.37. The number of hydrogen-bond acceptors (Lipinski definition) is 3. The third-order valence-corrected chi connectivity index (χ3v) is 2.37. The molecule has 1 aromatic carbocycles. The molecule has 0 aromatic heterocycles. The van der Waals surface area contributed by atoms with Gasteiger partial charge in [-0.05, 0) is 5.56 Å². The molecule has 2 rings (SSSR count). The first kappa shape index (κ1) is 10.9. The monoisotopic (exact) mass is 218 g/mol. The van der Waals surface area contributed by atoms with Crippen molar-refractivity contribution in [3.63, 3.8) is 0 Å². The van der Waals surface area contributed by atoms with Gasteiger partial charge in [0.2, 0.25) is 0 Å². The summed E-state index contributed by atoms with van der Waals surface area (Å²) < 4.78 is 10.8. The third kappa shape index (κ3) is 3.21. The maximum Gasteiger partial charge on any atom is 0.162 e. The SMILES string of the molecule is O=C1C=COC(COCc2ccccc2)C1. The molecule has 0 N–H and O–H groups in total. The number of allylic oxidation sites excluding steroid dienone is 1. The lowest BCUT2D eigenvalue weighted by atomic mass is 10.1. The van der Waals surface area contributed by atoms with Crippen LogP contribution in [0.4, 0.5) is 0 Å². The van der Waals surface area contributed by atoms with E-state index in [0.717, 1.165) is 5.56 Å². The zero-order valence-corrected chi connectivity index (χ0v) is 8.96. The maximum absolute atomic E-state index is 11.1. The number of carbonyl (C=O) groups is 1. The summed E-state index contributed by atoms with van der Waals surface area (Å²) in [6.45, 7) is 1.00. The van der Waals surface area contributed by atoms with Crippen molar-refractivity contribution in [1.29, 1.82) is 0 Å². The molecule has 3 heteroatoms. The standard InChI is InChI=1S/C13H14O3/c14-12-6-7-16-13(8-12)10-15-9-11-4-2-1-3-5-11/h1-7,13H,8-10H2. The second-order valence-electron chi connectivity index (χ2n) is 3.73. The summed E-state index contributed by atoms with van der Waals surface area (Å²) in [7, 11) is 0. The van der Waals surface area contributed by atoms with Crippen LogP contribution in [0.2, 0.25) is 0 Å². The normalized spacial score (nSPS) is 19.5. The van der Waals surface area contributed by atoms with Crippen LogP contribution in [0.25, 0.3) is 0 Å². The van der Waals surface area contributed by atoms with Crippen molar-refractivity contribution in [2.24, 2.45) is 0 Å². The minimum Gasteiger partial charge on any atom is -0.495 e. The summed E-state index contributed by atoms with van der Waals surface area (Å²) in [5.74, 6) is 0.0968. The summed E-state index contributed by atoms with van der Waals surface area (Å²) in [5, 5.41) is 0. The topological polar surface area (TPSA) is 35.5 Å². The second-order valence-corrected chi connectivity index (χ2v) is 3.73. The molecule has 16 heavy (non-hydrogen) atoms. The molecule has 3 nitrogen and oxygen atoms in total. The molecular formula is C13H14O3. The zero-order chi connectivity index (χ0) is 11.2. The summed E-state index contributed by atoms with van der Waals surface area (Å²) in [6.07, 6.45) is 3.17. The average molecular weight is 218 g/mol. The van der Waals surface area contributed by atoms with Gasteiger partial charge in [-0.1, -0.05) is 30.3 Å². The van der Waals surface area contributed by atoms with E-state index < -0.39 is 0 Å². The molecule has 1 aromatic rings. The molecule has 1 aliphatic heterocycles. The number of ketones is 1. The highest BCUT2D eigenvalue weighted by Crippen LogP contribution is 2.09. The fourth-order valence-electron chi connectivity index (χ4n) is 1.55. The highest BCUT2D eigenvalue weighted by Gasteiger charge is 2.16. The number of carbonyl (C=O) groups excluding carboxylic acids is 1. The van der Waals surface area contributed by atoms with Gasteiger partial charge < -0.3 is 9.47 Å². The van der Waals surface area contributed by atoms with Crippen molar-refractivity contribution < 1.29 is 14.3 Å². The van der Waals surface area contributed by atoms with Crippen molar-refractivity contribution in [2.45, 2.75) is 19.1 Å². The molecule has 0 fully saturated rings. The fourth-order valence-corrected chi connectivity index (χ4v) is 1.55. The molecule has 1 heterocycles. The molecule has 1 aliphatic rings. The molecule has 1 atom stereocenters. The quantitative estimate of drug-likeness (QED) is 0.776.